The number of hydrogen-bond acceptors (Lipinski definition) is 3. The highest BCUT2D eigenvalue weighted by atomic mass is 19.4. The minimum Gasteiger partial charge on any atom is -0.406 e. The van der Waals surface area contributed by atoms with E-state index in [4.69, 9.17) is 0 Å². The molecule has 37 heavy (non-hydrogen) atoms. The first kappa shape index (κ1) is 26.6. The number of anilines is 1. The van der Waals surface area contributed by atoms with Crippen molar-refractivity contribution in [2.24, 2.45) is 17.8 Å². The highest BCUT2D eigenvalue weighted by Gasteiger charge is 2.50. The van der Waals surface area contributed by atoms with E-state index in [1.807, 2.05) is 6.92 Å². The van der Waals surface area contributed by atoms with E-state index in [1.165, 1.54) is 24.3 Å². The molecule has 1 saturated heterocycles. The van der Waals surface area contributed by atoms with Crippen LogP contribution in [0.1, 0.15) is 30.9 Å². The fraction of sp³-hybridized carbons (Fsp3) is 0.440. The molecule has 1 heterocycles. The predicted molar refractivity (Wildman–Crippen MR) is 121 cm³/mol. The van der Waals surface area contributed by atoms with Gasteiger partial charge in [-0.2, -0.15) is 13.2 Å². The minimum absolute atomic E-state index is 0.00366. The third-order valence-corrected chi connectivity index (χ3v) is 7.00. The van der Waals surface area contributed by atoms with Crippen LogP contribution in [-0.4, -0.2) is 35.8 Å². The van der Waals surface area contributed by atoms with Crippen LogP contribution < -0.4 is 15.4 Å². The second kappa shape index (κ2) is 10.1. The lowest BCUT2D eigenvalue weighted by molar-refractivity contribution is -0.274. The summed E-state index contributed by atoms with van der Waals surface area (Å²) in [6.07, 6.45) is -8.22. The van der Waals surface area contributed by atoms with Crippen molar-refractivity contribution in [1.29, 1.82) is 0 Å². The second-order valence-corrected chi connectivity index (χ2v) is 9.44. The molecule has 0 aromatic heterocycles. The van der Waals surface area contributed by atoms with E-state index in [1.54, 1.807) is 4.90 Å². The first-order chi connectivity index (χ1) is 17.3. The van der Waals surface area contributed by atoms with Crippen molar-refractivity contribution in [2.75, 3.05) is 11.9 Å². The average molecular weight is 529 g/mol. The van der Waals surface area contributed by atoms with E-state index in [-0.39, 0.29) is 41.9 Å². The van der Waals surface area contributed by atoms with Crippen LogP contribution >= 0.6 is 0 Å². The zero-order valence-corrected chi connectivity index (χ0v) is 19.7. The summed E-state index contributed by atoms with van der Waals surface area (Å²) in [5.41, 5.74) is 0.150. The number of nitrogens with zero attached hydrogens (tertiary/aromatic N) is 1. The Balaban J connectivity index is 1.31. The molecule has 2 aromatic rings. The molecule has 4 atom stereocenters. The minimum atomic E-state index is -4.81. The number of fused-ring (bicyclic) bond motifs is 1. The van der Waals surface area contributed by atoms with Crippen molar-refractivity contribution in [3.63, 3.8) is 0 Å². The van der Waals surface area contributed by atoms with Crippen LogP contribution in [0.2, 0.25) is 0 Å². The molecule has 6 nitrogen and oxygen atoms in total. The quantitative estimate of drug-likeness (QED) is 0.465. The molecular weight excluding hydrogens is 504 g/mol. The Morgan fingerprint density at radius 2 is 1.68 bits per heavy atom. The maximum absolute atomic E-state index is 12.8. The average Bonchev–Trinajstić information content (AvgIpc) is 3.26. The van der Waals surface area contributed by atoms with Gasteiger partial charge < -0.3 is 20.3 Å². The summed E-state index contributed by atoms with van der Waals surface area (Å²) in [4.78, 5) is 26.8. The molecule has 2 fully saturated rings. The van der Waals surface area contributed by atoms with Crippen LogP contribution in [0.3, 0.4) is 0 Å². The van der Waals surface area contributed by atoms with Gasteiger partial charge in [0.1, 0.15) is 5.75 Å². The number of ether oxygens (including phenoxy) is 1. The van der Waals surface area contributed by atoms with Gasteiger partial charge in [0.2, 0.25) is 5.91 Å². The lowest BCUT2D eigenvalue weighted by Crippen LogP contribution is -2.36. The Hall–Kier alpha value is -3.44. The van der Waals surface area contributed by atoms with E-state index in [0.29, 0.717) is 24.9 Å². The van der Waals surface area contributed by atoms with E-state index in [2.05, 4.69) is 15.4 Å². The number of carbonyl (C=O) groups excluding carboxylic acids is 2. The van der Waals surface area contributed by atoms with Crippen molar-refractivity contribution in [1.82, 2.24) is 10.2 Å². The molecule has 2 aliphatic rings. The van der Waals surface area contributed by atoms with E-state index >= 15 is 0 Å². The number of benzene rings is 2. The predicted octanol–water partition coefficient (Wildman–Crippen LogP) is 5.80. The van der Waals surface area contributed by atoms with Gasteiger partial charge in [-0.25, -0.2) is 4.79 Å². The number of alkyl halides is 6. The van der Waals surface area contributed by atoms with Crippen LogP contribution in [0, 0.1) is 17.8 Å². The molecule has 1 aliphatic carbocycles. The van der Waals surface area contributed by atoms with Crippen molar-refractivity contribution >= 4 is 17.6 Å². The van der Waals surface area contributed by atoms with Crippen molar-refractivity contribution < 1.29 is 40.7 Å². The summed E-state index contributed by atoms with van der Waals surface area (Å²) in [6.45, 7) is 2.55. The number of likely N-dealkylation sites (tertiary alicyclic amines) is 1. The van der Waals surface area contributed by atoms with Gasteiger partial charge in [0.25, 0.3) is 0 Å². The summed E-state index contributed by atoms with van der Waals surface area (Å²) in [7, 11) is 0. The lowest BCUT2D eigenvalue weighted by Gasteiger charge is -2.25. The zero-order valence-electron chi connectivity index (χ0n) is 19.7. The molecule has 1 aliphatic heterocycles. The van der Waals surface area contributed by atoms with Crippen LogP contribution in [0.5, 0.6) is 5.75 Å². The summed E-state index contributed by atoms with van der Waals surface area (Å²) < 4.78 is 79.1. The lowest BCUT2D eigenvalue weighted by atomic mass is 9.88. The van der Waals surface area contributed by atoms with Gasteiger partial charge in [-0.15, -0.1) is 13.2 Å². The standard InChI is InChI=1S/C25H25F6N3O3/c1-14-10-21-19(11-22(35)34(21)13-15-2-4-16(5-3-15)24(26,27)28)20(14)12-32-23(36)33-17-6-8-18(9-7-17)37-25(29,30)31/h2-9,14,19-21H,10-13H2,1H3,(H2,32,33,36)/t14-,19-,20+,21+/m0/s1. The Kier molecular flexibility index (Phi) is 7.29. The highest BCUT2D eigenvalue weighted by molar-refractivity contribution is 5.89. The number of halogens is 6. The largest absolute Gasteiger partial charge is 0.573 e. The Labute approximate surface area is 209 Å². The van der Waals surface area contributed by atoms with Gasteiger partial charge >= 0.3 is 18.6 Å². The summed E-state index contributed by atoms with van der Waals surface area (Å²) in [5, 5.41) is 5.32. The zero-order chi connectivity index (χ0) is 27.0. The van der Waals surface area contributed by atoms with Gasteiger partial charge in [-0.3, -0.25) is 4.79 Å². The first-order valence-electron chi connectivity index (χ1n) is 11.7. The molecule has 200 valence electrons. The first-order valence-corrected chi connectivity index (χ1v) is 11.7. The molecule has 0 bridgehead atoms. The molecule has 2 N–H and O–H groups in total. The van der Waals surface area contributed by atoms with Gasteiger partial charge in [-0.1, -0.05) is 19.1 Å². The Bertz CT molecular complexity index is 1120. The van der Waals surface area contributed by atoms with Gasteiger partial charge in [0.15, 0.2) is 0 Å². The molecule has 1 saturated carbocycles. The molecule has 3 amide bonds. The van der Waals surface area contributed by atoms with Gasteiger partial charge in [-0.05, 0) is 66.1 Å². The fourth-order valence-corrected chi connectivity index (χ4v) is 5.27. The molecule has 2 aromatic carbocycles. The summed E-state index contributed by atoms with van der Waals surface area (Å²) in [6, 6.07) is 8.91. The molecule has 4 rings (SSSR count). The number of amides is 3. The smallest absolute Gasteiger partial charge is 0.406 e. The van der Waals surface area contributed by atoms with Gasteiger partial charge in [0.05, 0.1) is 5.56 Å². The number of rotatable bonds is 6. The monoisotopic (exact) mass is 529 g/mol. The fourth-order valence-electron chi connectivity index (χ4n) is 5.27. The normalized spacial score (nSPS) is 23.6. The van der Waals surface area contributed by atoms with E-state index in [9.17, 15) is 35.9 Å². The van der Waals surface area contributed by atoms with Crippen LogP contribution in [0.4, 0.5) is 36.8 Å². The molecule has 0 spiro atoms. The van der Waals surface area contributed by atoms with E-state index in [0.717, 1.165) is 24.3 Å². The van der Waals surface area contributed by atoms with Crippen molar-refractivity contribution in [2.45, 2.75) is 44.9 Å². The Morgan fingerprint density at radius 1 is 1.03 bits per heavy atom. The van der Waals surface area contributed by atoms with Crippen molar-refractivity contribution in [3.05, 3.63) is 59.7 Å². The molecule has 0 radical (unpaired) electrons. The SMILES string of the molecule is C[C@H]1C[C@@H]2[C@@H](CC(=O)N2Cc2ccc(C(F)(F)F)cc2)[C@@H]1CNC(=O)Nc1ccc(OC(F)(F)F)cc1. The van der Waals surface area contributed by atoms with E-state index < -0.39 is 29.9 Å². The topological polar surface area (TPSA) is 70.7 Å². The number of urea groups is 1. The summed E-state index contributed by atoms with van der Waals surface area (Å²) >= 11 is 0. The maximum atomic E-state index is 12.8. The third-order valence-electron chi connectivity index (χ3n) is 7.00. The van der Waals surface area contributed by atoms with Crippen LogP contribution in [-0.2, 0) is 17.5 Å². The summed E-state index contributed by atoms with van der Waals surface area (Å²) in [5.74, 6) is -0.276. The Morgan fingerprint density at radius 3 is 2.27 bits per heavy atom. The third kappa shape index (κ3) is 6.47. The number of hydrogen-bond donors (Lipinski definition) is 2. The number of carbonyl (C=O) groups is 2. The van der Waals surface area contributed by atoms with Crippen LogP contribution in [0.25, 0.3) is 0 Å². The molecule has 12 heteroatoms. The molecular formula is C25H25F6N3O3. The maximum Gasteiger partial charge on any atom is 0.573 e. The number of nitrogens with one attached hydrogen (secondary N) is 2. The van der Waals surface area contributed by atoms with Gasteiger partial charge in [0, 0.05) is 31.2 Å². The van der Waals surface area contributed by atoms with Crippen LogP contribution in [0.15, 0.2) is 48.5 Å². The van der Waals surface area contributed by atoms with Crippen molar-refractivity contribution in [3.8, 4) is 5.75 Å². The molecule has 0 unspecified atom stereocenters. The highest BCUT2D eigenvalue weighted by Crippen LogP contribution is 2.46. The second-order valence-electron chi connectivity index (χ2n) is 9.44.